The van der Waals surface area contributed by atoms with E-state index in [2.05, 4.69) is 19.2 Å². The number of fused-ring (bicyclic) bond motifs is 1. The van der Waals surface area contributed by atoms with Gasteiger partial charge in [0.15, 0.2) is 5.76 Å². The molecule has 1 aliphatic rings. The number of nitrogens with one attached hydrogen (secondary N) is 1. The molecule has 0 radical (unpaired) electrons. The number of rotatable bonds is 2. The highest BCUT2D eigenvalue weighted by atomic mass is 16.4. The van der Waals surface area contributed by atoms with Crippen LogP contribution in [0.3, 0.4) is 0 Å². The quantitative estimate of drug-likeness (QED) is 0.848. The fourth-order valence-electron chi connectivity index (χ4n) is 2.74. The van der Waals surface area contributed by atoms with Crippen molar-refractivity contribution >= 4 is 5.91 Å². The van der Waals surface area contributed by atoms with Crippen molar-refractivity contribution < 1.29 is 14.3 Å². The van der Waals surface area contributed by atoms with Crippen LogP contribution in [-0.2, 0) is 6.42 Å². The fraction of sp³-hybridized carbons (Fsp3) is 0.643. The van der Waals surface area contributed by atoms with Gasteiger partial charge in [-0.1, -0.05) is 13.8 Å². The van der Waals surface area contributed by atoms with Gasteiger partial charge in [-0.3, -0.25) is 4.79 Å². The smallest absolute Gasteiger partial charge is 0.287 e. The monoisotopic (exact) mass is 251 g/mol. The molecule has 2 N–H and O–H groups in total. The van der Waals surface area contributed by atoms with E-state index in [4.69, 9.17) is 4.42 Å². The van der Waals surface area contributed by atoms with Crippen LogP contribution in [0.5, 0.6) is 0 Å². The van der Waals surface area contributed by atoms with Gasteiger partial charge in [0, 0.05) is 24.1 Å². The summed E-state index contributed by atoms with van der Waals surface area (Å²) in [5.41, 5.74) is 1.60. The molecule has 1 aromatic heterocycles. The molecule has 18 heavy (non-hydrogen) atoms. The Hall–Kier alpha value is -1.29. The lowest BCUT2D eigenvalue weighted by Gasteiger charge is -2.31. The third-order valence-electron chi connectivity index (χ3n) is 3.53. The molecule has 0 spiro atoms. The first-order valence-corrected chi connectivity index (χ1v) is 6.44. The molecule has 1 aliphatic carbocycles. The van der Waals surface area contributed by atoms with Crippen LogP contribution in [0.1, 0.15) is 60.7 Å². The van der Waals surface area contributed by atoms with Crippen LogP contribution in [0, 0.1) is 12.3 Å². The van der Waals surface area contributed by atoms with E-state index >= 15 is 0 Å². The first-order chi connectivity index (χ1) is 8.35. The molecule has 0 fully saturated rings. The topological polar surface area (TPSA) is 62.5 Å². The number of carbonyl (C=O) groups excluding carboxylic acids is 1. The zero-order valence-corrected chi connectivity index (χ0v) is 11.5. The maximum Gasteiger partial charge on any atom is 0.287 e. The summed E-state index contributed by atoms with van der Waals surface area (Å²) >= 11 is 0. The minimum absolute atomic E-state index is 0.00914. The van der Waals surface area contributed by atoms with Gasteiger partial charge in [-0.05, 0) is 25.7 Å². The van der Waals surface area contributed by atoms with Gasteiger partial charge < -0.3 is 14.8 Å². The highest BCUT2D eigenvalue weighted by molar-refractivity contribution is 5.93. The first kappa shape index (κ1) is 13.1. The molecular formula is C14H21NO3. The van der Waals surface area contributed by atoms with Crippen LogP contribution in [0.25, 0.3) is 0 Å². The normalized spacial score (nSPS) is 21.5. The fourth-order valence-corrected chi connectivity index (χ4v) is 2.74. The molecule has 1 unspecified atom stereocenters. The Morgan fingerprint density at radius 2 is 2.22 bits per heavy atom. The average molecular weight is 251 g/mol. The summed E-state index contributed by atoms with van der Waals surface area (Å²) < 4.78 is 5.69. The van der Waals surface area contributed by atoms with Crippen LogP contribution < -0.4 is 5.32 Å². The molecule has 100 valence electrons. The zero-order chi connectivity index (χ0) is 13.5. The van der Waals surface area contributed by atoms with E-state index in [1.165, 1.54) is 0 Å². The summed E-state index contributed by atoms with van der Waals surface area (Å²) in [5, 5.41) is 12.9. The molecule has 0 saturated carbocycles. The lowest BCUT2D eigenvalue weighted by Crippen LogP contribution is -2.25. The summed E-state index contributed by atoms with van der Waals surface area (Å²) in [4.78, 5) is 11.9. The largest absolute Gasteiger partial charge is 0.455 e. The maximum absolute atomic E-state index is 11.9. The Labute approximate surface area is 107 Å². The Kier molecular flexibility index (Phi) is 3.23. The van der Waals surface area contributed by atoms with Crippen LogP contribution >= 0.6 is 0 Å². The zero-order valence-electron chi connectivity index (χ0n) is 11.5. The van der Waals surface area contributed by atoms with Crippen molar-refractivity contribution in [1.29, 1.82) is 0 Å². The molecule has 4 nitrogen and oxygen atoms in total. The van der Waals surface area contributed by atoms with Crippen molar-refractivity contribution in [3.63, 3.8) is 0 Å². The second-order valence-electron chi connectivity index (χ2n) is 5.81. The van der Waals surface area contributed by atoms with E-state index in [1.54, 1.807) is 0 Å². The second kappa shape index (κ2) is 4.43. The third-order valence-corrected chi connectivity index (χ3v) is 3.53. The van der Waals surface area contributed by atoms with Crippen molar-refractivity contribution in [2.75, 3.05) is 6.54 Å². The van der Waals surface area contributed by atoms with Gasteiger partial charge in [-0.25, -0.2) is 0 Å². The molecule has 1 amide bonds. The summed E-state index contributed by atoms with van der Waals surface area (Å²) in [6.07, 6.45) is 0.935. The molecule has 4 heteroatoms. The minimum Gasteiger partial charge on any atom is -0.455 e. The first-order valence-electron chi connectivity index (χ1n) is 6.44. The molecule has 1 heterocycles. The molecular weight excluding hydrogens is 230 g/mol. The summed E-state index contributed by atoms with van der Waals surface area (Å²) in [6.45, 7) is 8.48. The van der Waals surface area contributed by atoms with Crippen LogP contribution in [0.4, 0.5) is 0 Å². The number of aliphatic hydroxyl groups excluding tert-OH is 1. The molecule has 1 atom stereocenters. The number of furan rings is 1. The molecule has 0 aromatic carbocycles. The van der Waals surface area contributed by atoms with E-state index < -0.39 is 6.10 Å². The van der Waals surface area contributed by atoms with Gasteiger partial charge in [0.05, 0.1) is 6.10 Å². The van der Waals surface area contributed by atoms with E-state index in [1.807, 2.05) is 13.8 Å². The van der Waals surface area contributed by atoms with Crippen molar-refractivity contribution in [2.45, 2.75) is 46.6 Å². The van der Waals surface area contributed by atoms with Crippen molar-refractivity contribution in [2.24, 2.45) is 5.41 Å². The minimum atomic E-state index is -0.532. The van der Waals surface area contributed by atoms with Crippen molar-refractivity contribution in [1.82, 2.24) is 5.32 Å². The van der Waals surface area contributed by atoms with Gasteiger partial charge >= 0.3 is 0 Å². The lowest BCUT2D eigenvalue weighted by molar-refractivity contribution is 0.0886. The van der Waals surface area contributed by atoms with Crippen LogP contribution in [0.2, 0.25) is 0 Å². The molecule has 2 rings (SSSR count). The molecule has 0 aliphatic heterocycles. The summed E-state index contributed by atoms with van der Waals surface area (Å²) in [5.74, 6) is 0.908. The molecule has 0 saturated heterocycles. The maximum atomic E-state index is 11.9. The molecule has 0 bridgehead atoms. The number of carbonyl (C=O) groups is 1. The number of hydrogen-bond donors (Lipinski definition) is 2. The highest BCUT2D eigenvalue weighted by Crippen LogP contribution is 2.43. The Morgan fingerprint density at radius 3 is 2.83 bits per heavy atom. The van der Waals surface area contributed by atoms with Crippen LogP contribution in [0.15, 0.2) is 4.42 Å². The number of hydrogen-bond acceptors (Lipinski definition) is 3. The third kappa shape index (κ3) is 2.17. The summed E-state index contributed by atoms with van der Waals surface area (Å²) in [7, 11) is 0. The average Bonchev–Trinajstić information content (AvgIpc) is 2.54. The van der Waals surface area contributed by atoms with Crippen molar-refractivity contribution in [3.8, 4) is 0 Å². The van der Waals surface area contributed by atoms with Gasteiger partial charge in [-0.2, -0.15) is 0 Å². The standard InChI is InChI=1S/C14H21NO3/c1-5-15-13(17)12-8(2)11-9(16)6-14(3,4)7-10(11)18-12/h9,16H,5-7H2,1-4H3,(H,15,17). The Morgan fingerprint density at radius 1 is 1.56 bits per heavy atom. The predicted molar refractivity (Wildman–Crippen MR) is 68.5 cm³/mol. The lowest BCUT2D eigenvalue weighted by atomic mass is 9.75. The van der Waals surface area contributed by atoms with E-state index in [-0.39, 0.29) is 11.3 Å². The van der Waals surface area contributed by atoms with E-state index in [9.17, 15) is 9.90 Å². The van der Waals surface area contributed by atoms with E-state index in [0.717, 1.165) is 23.3 Å². The van der Waals surface area contributed by atoms with Gasteiger partial charge in [0.2, 0.25) is 0 Å². The number of amides is 1. The van der Waals surface area contributed by atoms with Crippen molar-refractivity contribution in [3.05, 3.63) is 22.6 Å². The summed E-state index contributed by atoms with van der Waals surface area (Å²) in [6, 6.07) is 0. The van der Waals surface area contributed by atoms with Gasteiger partial charge in [0.1, 0.15) is 5.76 Å². The SMILES string of the molecule is CCNC(=O)c1oc2c(c1C)C(O)CC(C)(C)C2. The van der Waals surface area contributed by atoms with Crippen LogP contribution in [-0.4, -0.2) is 17.6 Å². The predicted octanol–water partition coefficient (Wildman–Crippen LogP) is 2.34. The molecule has 1 aromatic rings. The van der Waals surface area contributed by atoms with E-state index in [0.29, 0.717) is 18.7 Å². The Bertz CT molecular complexity index is 474. The van der Waals surface area contributed by atoms with Gasteiger partial charge in [0.25, 0.3) is 5.91 Å². The second-order valence-corrected chi connectivity index (χ2v) is 5.81. The number of aliphatic hydroxyl groups is 1. The Balaban J connectivity index is 2.42. The van der Waals surface area contributed by atoms with Gasteiger partial charge in [-0.15, -0.1) is 0 Å². The highest BCUT2D eigenvalue weighted by Gasteiger charge is 2.36.